The zero-order chi connectivity index (χ0) is 18.2. The molecule has 2 fully saturated rings. The van der Waals surface area contributed by atoms with Crippen LogP contribution < -0.4 is 5.73 Å². The molecule has 0 aromatic heterocycles. The Morgan fingerprint density at radius 1 is 1.00 bits per heavy atom. The Labute approximate surface area is 157 Å². The number of carbonyl (C=O) groups is 1. The van der Waals surface area contributed by atoms with Crippen LogP contribution in [0.2, 0.25) is 0 Å². The predicted molar refractivity (Wildman–Crippen MR) is 104 cm³/mol. The highest BCUT2D eigenvalue weighted by molar-refractivity contribution is 5.67. The number of hydrogen-bond acceptors (Lipinski definition) is 4. The van der Waals surface area contributed by atoms with E-state index in [2.05, 4.69) is 4.90 Å². The second-order valence-electron chi connectivity index (χ2n) is 7.79. The molecule has 2 heterocycles. The molecule has 144 valence electrons. The van der Waals surface area contributed by atoms with E-state index in [9.17, 15) is 4.79 Å². The normalized spacial score (nSPS) is 20.3. The average molecular weight is 360 g/mol. The molecule has 0 unspecified atom stereocenters. The number of carbonyl (C=O) groups excluding carboxylic acids is 1. The molecule has 2 saturated heterocycles. The third-order valence-corrected chi connectivity index (χ3v) is 5.88. The van der Waals surface area contributed by atoms with Crippen molar-refractivity contribution in [3.63, 3.8) is 0 Å². The van der Waals surface area contributed by atoms with E-state index in [1.165, 1.54) is 38.9 Å². The minimum Gasteiger partial charge on any atom is -0.445 e. The number of ether oxygens (including phenoxy) is 1. The molecular weight excluding hydrogens is 326 g/mol. The first-order valence-electron chi connectivity index (χ1n) is 10.1. The molecule has 1 aromatic rings. The van der Waals surface area contributed by atoms with E-state index in [-0.39, 0.29) is 6.09 Å². The molecule has 3 rings (SSSR count). The van der Waals surface area contributed by atoms with Crippen LogP contribution in [0.15, 0.2) is 30.3 Å². The SMILES string of the molecule is NCCC1CCN(CC2CCN(C(=O)OCc3ccccc3)CC2)CC1. The van der Waals surface area contributed by atoms with Crippen molar-refractivity contribution in [2.75, 3.05) is 39.3 Å². The lowest BCUT2D eigenvalue weighted by atomic mass is 9.91. The number of rotatable bonds is 6. The van der Waals surface area contributed by atoms with Crippen LogP contribution in [0.4, 0.5) is 4.79 Å². The predicted octanol–water partition coefficient (Wildman–Crippen LogP) is 3.10. The molecule has 2 aliphatic rings. The Hall–Kier alpha value is -1.59. The van der Waals surface area contributed by atoms with Gasteiger partial charge in [-0.05, 0) is 69.1 Å². The summed E-state index contributed by atoms with van der Waals surface area (Å²) >= 11 is 0. The lowest BCUT2D eigenvalue weighted by Crippen LogP contribution is -2.43. The van der Waals surface area contributed by atoms with Gasteiger partial charge in [-0.1, -0.05) is 30.3 Å². The number of piperidine rings is 2. The van der Waals surface area contributed by atoms with E-state index < -0.39 is 0 Å². The van der Waals surface area contributed by atoms with E-state index in [0.29, 0.717) is 12.5 Å². The third kappa shape index (κ3) is 5.71. The molecule has 0 saturated carbocycles. The van der Waals surface area contributed by atoms with Crippen LogP contribution in [-0.4, -0.2) is 55.2 Å². The highest BCUT2D eigenvalue weighted by atomic mass is 16.6. The summed E-state index contributed by atoms with van der Waals surface area (Å²) in [6.07, 6.45) is 5.77. The van der Waals surface area contributed by atoms with Crippen molar-refractivity contribution in [1.29, 1.82) is 0 Å². The number of nitrogens with zero attached hydrogens (tertiary/aromatic N) is 2. The lowest BCUT2D eigenvalue weighted by Gasteiger charge is -2.37. The summed E-state index contributed by atoms with van der Waals surface area (Å²) in [7, 11) is 0. The van der Waals surface area contributed by atoms with Gasteiger partial charge in [0, 0.05) is 19.6 Å². The molecule has 0 radical (unpaired) electrons. The molecule has 1 aromatic carbocycles. The molecule has 0 atom stereocenters. The van der Waals surface area contributed by atoms with Crippen molar-refractivity contribution < 1.29 is 9.53 Å². The van der Waals surface area contributed by atoms with Crippen LogP contribution in [0.5, 0.6) is 0 Å². The maximum absolute atomic E-state index is 12.2. The van der Waals surface area contributed by atoms with Crippen molar-refractivity contribution in [2.24, 2.45) is 17.6 Å². The Balaban J connectivity index is 1.33. The van der Waals surface area contributed by atoms with Gasteiger partial charge in [-0.2, -0.15) is 0 Å². The quantitative estimate of drug-likeness (QED) is 0.848. The molecule has 1 amide bonds. The van der Waals surface area contributed by atoms with Gasteiger partial charge in [0.05, 0.1) is 0 Å². The van der Waals surface area contributed by atoms with E-state index in [1.807, 2.05) is 35.2 Å². The van der Waals surface area contributed by atoms with Gasteiger partial charge in [-0.15, -0.1) is 0 Å². The smallest absolute Gasteiger partial charge is 0.410 e. The van der Waals surface area contributed by atoms with Crippen LogP contribution in [0.1, 0.15) is 37.7 Å². The molecular formula is C21H33N3O2. The standard InChI is InChI=1S/C21H33N3O2/c22-11-6-18-7-12-23(13-8-18)16-19-9-14-24(15-10-19)21(25)26-17-20-4-2-1-3-5-20/h1-5,18-19H,6-17,22H2. The summed E-state index contributed by atoms with van der Waals surface area (Å²) < 4.78 is 5.45. The number of amides is 1. The fraction of sp³-hybridized carbons (Fsp3) is 0.667. The van der Waals surface area contributed by atoms with Crippen molar-refractivity contribution >= 4 is 6.09 Å². The fourth-order valence-corrected chi connectivity index (χ4v) is 4.17. The highest BCUT2D eigenvalue weighted by Gasteiger charge is 2.26. The Morgan fingerprint density at radius 3 is 2.31 bits per heavy atom. The molecule has 26 heavy (non-hydrogen) atoms. The molecule has 0 bridgehead atoms. The van der Waals surface area contributed by atoms with Crippen molar-refractivity contribution in [3.8, 4) is 0 Å². The van der Waals surface area contributed by atoms with Gasteiger partial charge in [-0.3, -0.25) is 0 Å². The summed E-state index contributed by atoms with van der Waals surface area (Å²) in [5.41, 5.74) is 6.72. The van der Waals surface area contributed by atoms with Crippen LogP contribution in [-0.2, 0) is 11.3 Å². The average Bonchev–Trinajstić information content (AvgIpc) is 2.69. The first kappa shape index (κ1) is 19.2. The Bertz CT molecular complexity index is 535. The van der Waals surface area contributed by atoms with Crippen LogP contribution >= 0.6 is 0 Å². The van der Waals surface area contributed by atoms with Crippen LogP contribution in [0, 0.1) is 11.8 Å². The van der Waals surface area contributed by atoms with E-state index >= 15 is 0 Å². The third-order valence-electron chi connectivity index (χ3n) is 5.88. The van der Waals surface area contributed by atoms with E-state index in [4.69, 9.17) is 10.5 Å². The fourth-order valence-electron chi connectivity index (χ4n) is 4.17. The van der Waals surface area contributed by atoms with Crippen LogP contribution in [0.3, 0.4) is 0 Å². The molecule has 2 aliphatic heterocycles. The van der Waals surface area contributed by atoms with E-state index in [1.54, 1.807) is 0 Å². The highest BCUT2D eigenvalue weighted by Crippen LogP contribution is 2.24. The van der Waals surface area contributed by atoms with Crippen molar-refractivity contribution in [2.45, 2.75) is 38.7 Å². The summed E-state index contributed by atoms with van der Waals surface area (Å²) in [5, 5.41) is 0. The minimum absolute atomic E-state index is 0.171. The summed E-state index contributed by atoms with van der Waals surface area (Å²) in [5.74, 6) is 1.54. The topological polar surface area (TPSA) is 58.8 Å². The van der Waals surface area contributed by atoms with Crippen molar-refractivity contribution in [3.05, 3.63) is 35.9 Å². The van der Waals surface area contributed by atoms with Crippen LogP contribution in [0.25, 0.3) is 0 Å². The lowest BCUT2D eigenvalue weighted by molar-refractivity contribution is 0.0736. The monoisotopic (exact) mass is 359 g/mol. The van der Waals surface area contributed by atoms with Gasteiger partial charge in [0.2, 0.25) is 0 Å². The molecule has 0 aliphatic carbocycles. The number of benzene rings is 1. The van der Waals surface area contributed by atoms with Crippen molar-refractivity contribution in [1.82, 2.24) is 9.80 Å². The number of hydrogen-bond donors (Lipinski definition) is 1. The van der Waals surface area contributed by atoms with Gasteiger partial charge in [0.1, 0.15) is 6.61 Å². The molecule has 0 spiro atoms. The minimum atomic E-state index is -0.171. The van der Waals surface area contributed by atoms with Gasteiger partial charge in [0.25, 0.3) is 0 Å². The second-order valence-corrected chi connectivity index (χ2v) is 7.79. The number of likely N-dealkylation sites (tertiary alicyclic amines) is 2. The largest absolute Gasteiger partial charge is 0.445 e. The maximum atomic E-state index is 12.2. The summed E-state index contributed by atoms with van der Waals surface area (Å²) in [4.78, 5) is 16.7. The van der Waals surface area contributed by atoms with Gasteiger partial charge in [-0.25, -0.2) is 4.79 Å². The molecule has 2 N–H and O–H groups in total. The Kier molecular flexibility index (Phi) is 7.32. The first-order chi connectivity index (χ1) is 12.7. The zero-order valence-electron chi connectivity index (χ0n) is 15.8. The zero-order valence-corrected chi connectivity index (χ0v) is 15.8. The Morgan fingerprint density at radius 2 is 1.65 bits per heavy atom. The van der Waals surface area contributed by atoms with Gasteiger partial charge >= 0.3 is 6.09 Å². The van der Waals surface area contributed by atoms with E-state index in [0.717, 1.165) is 44.0 Å². The van der Waals surface area contributed by atoms with Gasteiger partial charge in [0.15, 0.2) is 0 Å². The summed E-state index contributed by atoms with van der Waals surface area (Å²) in [6, 6.07) is 9.87. The second kappa shape index (κ2) is 9.93. The summed E-state index contributed by atoms with van der Waals surface area (Å²) in [6.45, 7) is 6.43. The number of nitrogens with two attached hydrogens (primary N) is 1. The molecule has 5 heteroatoms. The maximum Gasteiger partial charge on any atom is 0.410 e. The van der Waals surface area contributed by atoms with Gasteiger partial charge < -0.3 is 20.3 Å². The first-order valence-corrected chi connectivity index (χ1v) is 10.1. The molecule has 5 nitrogen and oxygen atoms in total.